The highest BCUT2D eigenvalue weighted by molar-refractivity contribution is 5.96. The zero-order valence-electron chi connectivity index (χ0n) is 14.4. The molecule has 1 aliphatic heterocycles. The van der Waals surface area contributed by atoms with E-state index in [1.54, 1.807) is 0 Å². The van der Waals surface area contributed by atoms with Crippen LogP contribution in [0, 0.1) is 0 Å². The minimum atomic E-state index is -0.248. The number of H-pyrrole nitrogens is 1. The maximum atomic E-state index is 13.0. The first kappa shape index (κ1) is 15.9. The molecule has 1 saturated heterocycles. The van der Waals surface area contributed by atoms with Crippen LogP contribution in [0.15, 0.2) is 23.1 Å². The second-order valence-electron chi connectivity index (χ2n) is 7.15. The third-order valence-electron chi connectivity index (χ3n) is 5.52. The molecule has 1 aliphatic carbocycles. The van der Waals surface area contributed by atoms with Crippen molar-refractivity contribution in [1.29, 1.82) is 0 Å². The summed E-state index contributed by atoms with van der Waals surface area (Å²) in [6.45, 7) is 1.25. The Bertz CT molecular complexity index is 865. The van der Waals surface area contributed by atoms with Crippen molar-refractivity contribution in [3.05, 3.63) is 45.6 Å². The number of aryl methyl sites for hydroxylation is 1. The number of carbonyl (C=O) groups is 1. The van der Waals surface area contributed by atoms with Crippen LogP contribution in [-0.4, -0.2) is 38.4 Å². The van der Waals surface area contributed by atoms with E-state index in [-0.39, 0.29) is 23.3 Å². The third-order valence-corrected chi connectivity index (χ3v) is 5.52. The van der Waals surface area contributed by atoms with E-state index in [2.05, 4.69) is 14.5 Å². The molecule has 0 bridgehead atoms. The van der Waals surface area contributed by atoms with Crippen molar-refractivity contribution in [2.75, 3.05) is 18.8 Å². The van der Waals surface area contributed by atoms with Gasteiger partial charge >= 0.3 is 0 Å². The molecule has 2 aliphatic rings. The highest BCUT2D eigenvalue weighted by Gasteiger charge is 2.33. The van der Waals surface area contributed by atoms with Crippen LogP contribution in [0.2, 0.25) is 0 Å². The molecule has 2 fully saturated rings. The molecule has 1 saturated carbocycles. The summed E-state index contributed by atoms with van der Waals surface area (Å²) in [6.07, 6.45) is 6.35. The number of likely N-dealkylation sites (tertiary alicyclic amines) is 1. The number of hydrogen-bond donors (Lipinski definition) is 2. The smallest absolute Gasteiger partial charge is 0.255 e. The van der Waals surface area contributed by atoms with Crippen LogP contribution in [0.1, 0.15) is 59.3 Å². The van der Waals surface area contributed by atoms with Gasteiger partial charge in [0.05, 0.1) is 11.3 Å². The molecule has 132 valence electrons. The molecular weight excluding hydrogens is 318 g/mol. The zero-order valence-corrected chi connectivity index (χ0v) is 14.4. The minimum Gasteiger partial charge on any atom is -0.369 e. The van der Waals surface area contributed by atoms with Crippen molar-refractivity contribution < 1.29 is 4.79 Å². The molecule has 4 rings (SSSR count). The highest BCUT2D eigenvalue weighted by atomic mass is 16.2. The summed E-state index contributed by atoms with van der Waals surface area (Å²) >= 11 is 0. The van der Waals surface area contributed by atoms with Gasteiger partial charge in [0, 0.05) is 44.0 Å². The van der Waals surface area contributed by atoms with E-state index in [0.29, 0.717) is 24.7 Å². The third kappa shape index (κ3) is 2.83. The Labute approximate surface area is 145 Å². The summed E-state index contributed by atoms with van der Waals surface area (Å²) in [5, 5.41) is 0. The van der Waals surface area contributed by atoms with Gasteiger partial charge in [0.1, 0.15) is 0 Å². The van der Waals surface area contributed by atoms with E-state index in [1.807, 2.05) is 24.2 Å². The maximum absolute atomic E-state index is 13.0. The number of amides is 1. The number of nitrogens with zero attached hydrogens (tertiary/aromatic N) is 3. The molecule has 0 radical (unpaired) electrons. The molecule has 2 aromatic heterocycles. The van der Waals surface area contributed by atoms with E-state index >= 15 is 0 Å². The van der Waals surface area contributed by atoms with Crippen LogP contribution in [0.4, 0.5) is 5.95 Å². The topological polar surface area (TPSA) is 97.0 Å². The van der Waals surface area contributed by atoms with Gasteiger partial charge in [0.25, 0.3) is 11.5 Å². The molecule has 25 heavy (non-hydrogen) atoms. The number of rotatable bonds is 3. The van der Waals surface area contributed by atoms with Crippen molar-refractivity contribution in [2.24, 2.45) is 7.05 Å². The first-order chi connectivity index (χ1) is 12.0. The molecule has 1 unspecified atom stereocenters. The van der Waals surface area contributed by atoms with Gasteiger partial charge < -0.3 is 15.2 Å². The van der Waals surface area contributed by atoms with Gasteiger partial charge in [-0.1, -0.05) is 6.42 Å². The van der Waals surface area contributed by atoms with Crippen LogP contribution in [-0.2, 0) is 7.05 Å². The van der Waals surface area contributed by atoms with Crippen LogP contribution < -0.4 is 11.3 Å². The lowest BCUT2D eigenvalue weighted by Crippen LogP contribution is -2.30. The van der Waals surface area contributed by atoms with Crippen molar-refractivity contribution >= 4 is 11.9 Å². The first-order valence-electron chi connectivity index (χ1n) is 8.84. The summed E-state index contributed by atoms with van der Waals surface area (Å²) in [7, 11) is 2.01. The van der Waals surface area contributed by atoms with E-state index in [0.717, 1.165) is 24.8 Å². The first-order valence-corrected chi connectivity index (χ1v) is 8.84. The Morgan fingerprint density at radius 1 is 1.32 bits per heavy atom. The number of anilines is 1. The van der Waals surface area contributed by atoms with Gasteiger partial charge in [-0.15, -0.1) is 0 Å². The largest absolute Gasteiger partial charge is 0.369 e. The highest BCUT2D eigenvalue weighted by Crippen LogP contribution is 2.39. The second kappa shape index (κ2) is 6.06. The van der Waals surface area contributed by atoms with Crippen LogP contribution in [0.3, 0.4) is 0 Å². The number of aromatic amines is 1. The molecule has 1 amide bonds. The van der Waals surface area contributed by atoms with Crippen molar-refractivity contribution in [3.8, 4) is 0 Å². The Kier molecular flexibility index (Phi) is 3.86. The predicted molar refractivity (Wildman–Crippen MR) is 94.5 cm³/mol. The molecule has 0 spiro atoms. The van der Waals surface area contributed by atoms with Crippen LogP contribution in [0.5, 0.6) is 0 Å². The van der Waals surface area contributed by atoms with Gasteiger partial charge in [-0.25, -0.2) is 4.98 Å². The van der Waals surface area contributed by atoms with Gasteiger partial charge in [-0.05, 0) is 31.2 Å². The molecule has 2 aromatic rings. The number of hydrogen-bond acceptors (Lipinski definition) is 4. The molecule has 1 atom stereocenters. The fourth-order valence-electron chi connectivity index (χ4n) is 3.97. The number of nitrogen functional groups attached to an aromatic ring is 1. The summed E-state index contributed by atoms with van der Waals surface area (Å²) in [5.74, 6) is 0.779. The number of nitrogens with two attached hydrogens (primary N) is 1. The van der Waals surface area contributed by atoms with Gasteiger partial charge in [0.2, 0.25) is 5.95 Å². The van der Waals surface area contributed by atoms with Gasteiger partial charge in [-0.3, -0.25) is 14.6 Å². The minimum absolute atomic E-state index is 0.0596. The molecule has 0 aromatic carbocycles. The van der Waals surface area contributed by atoms with E-state index in [1.165, 1.54) is 18.2 Å². The molecular formula is C18H23N5O2. The standard InChI is InChI=1S/C18H23N5O2/c1-22-7-6-13(16(22)11-3-2-4-11)17(25)23-8-5-12(10-23)14-9-15(24)21-18(19)20-14/h6-7,9,11-12H,2-5,8,10H2,1H3,(H3,19,20,21,24). The lowest BCUT2D eigenvalue weighted by molar-refractivity contribution is 0.0788. The van der Waals surface area contributed by atoms with Crippen LogP contribution in [0.25, 0.3) is 0 Å². The quantitative estimate of drug-likeness (QED) is 0.886. The number of aromatic nitrogens is 3. The van der Waals surface area contributed by atoms with Crippen molar-refractivity contribution in [2.45, 2.75) is 37.5 Å². The number of nitrogens with one attached hydrogen (secondary N) is 1. The summed E-state index contributed by atoms with van der Waals surface area (Å²) < 4.78 is 2.09. The molecule has 7 nitrogen and oxygen atoms in total. The van der Waals surface area contributed by atoms with Crippen LogP contribution >= 0.6 is 0 Å². The SMILES string of the molecule is Cn1ccc(C(=O)N2CCC(c3cc(=O)[nH]c(N)n3)C2)c1C1CCC1. The predicted octanol–water partition coefficient (Wildman–Crippen LogP) is 1.59. The Morgan fingerprint density at radius 2 is 2.12 bits per heavy atom. The molecule has 3 heterocycles. The lowest BCUT2D eigenvalue weighted by Gasteiger charge is -2.28. The van der Waals surface area contributed by atoms with E-state index < -0.39 is 0 Å². The maximum Gasteiger partial charge on any atom is 0.255 e. The average Bonchev–Trinajstić information content (AvgIpc) is 3.13. The van der Waals surface area contributed by atoms with Crippen molar-refractivity contribution in [3.63, 3.8) is 0 Å². The van der Waals surface area contributed by atoms with E-state index in [4.69, 9.17) is 5.73 Å². The fraction of sp³-hybridized carbons (Fsp3) is 0.500. The normalized spacial score (nSPS) is 20.7. The number of carbonyl (C=O) groups excluding carboxylic acids is 1. The Morgan fingerprint density at radius 3 is 2.80 bits per heavy atom. The zero-order chi connectivity index (χ0) is 17.6. The molecule has 3 N–H and O–H groups in total. The average molecular weight is 341 g/mol. The van der Waals surface area contributed by atoms with Gasteiger partial charge in [-0.2, -0.15) is 0 Å². The Balaban J connectivity index is 1.54. The van der Waals surface area contributed by atoms with Gasteiger partial charge in [0.15, 0.2) is 0 Å². The Hall–Kier alpha value is -2.57. The second-order valence-corrected chi connectivity index (χ2v) is 7.15. The van der Waals surface area contributed by atoms with Crippen molar-refractivity contribution in [1.82, 2.24) is 19.4 Å². The summed E-state index contributed by atoms with van der Waals surface area (Å²) in [6, 6.07) is 3.42. The fourth-order valence-corrected chi connectivity index (χ4v) is 3.97. The summed E-state index contributed by atoms with van der Waals surface area (Å²) in [5.41, 5.74) is 8.05. The summed E-state index contributed by atoms with van der Waals surface area (Å²) in [4.78, 5) is 33.2. The molecule has 7 heteroatoms. The lowest BCUT2D eigenvalue weighted by atomic mass is 9.81. The van der Waals surface area contributed by atoms with E-state index in [9.17, 15) is 9.59 Å². The monoisotopic (exact) mass is 341 g/mol.